The number of hydrogen-bond donors (Lipinski definition) is 1. The number of nitrogens with zero attached hydrogens (tertiary/aromatic N) is 1. The summed E-state index contributed by atoms with van der Waals surface area (Å²) >= 11 is 6.11. The minimum absolute atomic E-state index is 0.0508. The summed E-state index contributed by atoms with van der Waals surface area (Å²) in [5.74, 6) is -0.218. The van der Waals surface area contributed by atoms with Crippen molar-refractivity contribution >= 4 is 27.5 Å². The van der Waals surface area contributed by atoms with Gasteiger partial charge in [0, 0.05) is 24.7 Å². The second kappa shape index (κ2) is 8.83. The lowest BCUT2D eigenvalue weighted by Crippen LogP contribution is -2.46. The molecule has 1 fully saturated rings. The van der Waals surface area contributed by atoms with E-state index in [9.17, 15) is 13.2 Å². The molecule has 0 unspecified atom stereocenters. The maximum atomic E-state index is 12.3. The third-order valence-electron chi connectivity index (χ3n) is 4.39. The topological polar surface area (TPSA) is 66.5 Å². The van der Waals surface area contributed by atoms with Crippen LogP contribution in [0.5, 0.6) is 0 Å². The van der Waals surface area contributed by atoms with E-state index in [0.717, 1.165) is 36.3 Å². The van der Waals surface area contributed by atoms with Gasteiger partial charge < -0.3 is 5.32 Å². The van der Waals surface area contributed by atoms with Gasteiger partial charge in [0.1, 0.15) is 0 Å². The summed E-state index contributed by atoms with van der Waals surface area (Å²) in [4.78, 5) is 12.3. The van der Waals surface area contributed by atoms with Crippen LogP contribution >= 0.6 is 11.6 Å². The highest BCUT2D eigenvalue weighted by atomic mass is 35.5. The summed E-state index contributed by atoms with van der Waals surface area (Å²) in [6.07, 6.45) is 3.09. The highest BCUT2D eigenvalue weighted by Gasteiger charge is 2.31. The normalized spacial score (nSPS) is 19.2. The third-order valence-corrected chi connectivity index (χ3v) is 6.61. The van der Waals surface area contributed by atoms with Gasteiger partial charge in [0.2, 0.25) is 15.9 Å². The summed E-state index contributed by atoms with van der Waals surface area (Å²) in [6, 6.07) is 7.69. The Kier molecular flexibility index (Phi) is 7.07. The van der Waals surface area contributed by atoms with Crippen LogP contribution in [0, 0.1) is 5.92 Å². The molecule has 0 saturated carbocycles. The molecule has 5 nitrogen and oxygen atoms in total. The molecule has 0 aromatic heterocycles. The molecule has 7 heteroatoms. The second-order valence-corrected chi connectivity index (χ2v) is 8.75. The maximum Gasteiger partial charge on any atom is 0.224 e. The molecular formula is C17H25ClN2O3S. The van der Waals surface area contributed by atoms with Crippen LogP contribution in [0.25, 0.3) is 0 Å². The summed E-state index contributed by atoms with van der Waals surface area (Å²) in [5.41, 5.74) is 1.08. The molecule has 1 N–H and O–H groups in total. The van der Waals surface area contributed by atoms with Crippen LogP contribution in [0.3, 0.4) is 0 Å². The van der Waals surface area contributed by atoms with Crippen LogP contribution in [0.2, 0.25) is 5.02 Å². The fourth-order valence-electron chi connectivity index (χ4n) is 2.93. The summed E-state index contributed by atoms with van der Waals surface area (Å²) < 4.78 is 25.4. The van der Waals surface area contributed by atoms with Crippen LogP contribution in [-0.2, 0) is 21.2 Å². The molecule has 1 amide bonds. The zero-order valence-corrected chi connectivity index (χ0v) is 15.6. The lowest BCUT2D eigenvalue weighted by Gasteiger charge is -2.30. The molecule has 1 aromatic carbocycles. The van der Waals surface area contributed by atoms with E-state index >= 15 is 0 Å². The van der Waals surface area contributed by atoms with Crippen LogP contribution in [0.1, 0.15) is 31.7 Å². The molecular weight excluding hydrogens is 348 g/mol. The van der Waals surface area contributed by atoms with Crippen LogP contribution in [0.4, 0.5) is 0 Å². The molecule has 1 aromatic rings. The van der Waals surface area contributed by atoms with Crippen molar-refractivity contribution in [1.29, 1.82) is 0 Å². The van der Waals surface area contributed by atoms with Crippen molar-refractivity contribution in [2.75, 3.05) is 25.4 Å². The summed E-state index contributed by atoms with van der Waals surface area (Å²) in [6.45, 7) is 3.02. The predicted molar refractivity (Wildman–Crippen MR) is 96.5 cm³/mol. The van der Waals surface area contributed by atoms with Crippen molar-refractivity contribution in [1.82, 2.24) is 9.62 Å². The Labute approximate surface area is 149 Å². The van der Waals surface area contributed by atoms with E-state index in [1.54, 1.807) is 6.92 Å². The van der Waals surface area contributed by atoms with Gasteiger partial charge in [-0.05, 0) is 44.2 Å². The van der Waals surface area contributed by atoms with Crippen molar-refractivity contribution in [3.05, 3.63) is 34.9 Å². The van der Waals surface area contributed by atoms with E-state index in [-0.39, 0.29) is 17.6 Å². The molecule has 24 heavy (non-hydrogen) atoms. The molecule has 134 valence electrons. The van der Waals surface area contributed by atoms with E-state index in [4.69, 9.17) is 11.6 Å². The quantitative estimate of drug-likeness (QED) is 0.747. The molecule has 1 aliphatic rings. The number of aryl methyl sites for hydroxylation is 1. The van der Waals surface area contributed by atoms with E-state index in [0.29, 0.717) is 19.6 Å². The average molecular weight is 373 g/mol. The predicted octanol–water partition coefficient (Wildman–Crippen LogP) is 2.45. The van der Waals surface area contributed by atoms with Gasteiger partial charge in [-0.2, -0.15) is 0 Å². The fraction of sp³-hybridized carbons (Fsp3) is 0.588. The molecule has 1 saturated heterocycles. The van der Waals surface area contributed by atoms with Crippen LogP contribution < -0.4 is 5.32 Å². The Hall–Kier alpha value is -1.11. The van der Waals surface area contributed by atoms with Gasteiger partial charge in [0.05, 0.1) is 11.7 Å². The monoisotopic (exact) mass is 372 g/mol. The number of nitrogens with one attached hydrogen (secondary N) is 1. The molecule has 1 atom stereocenters. The van der Waals surface area contributed by atoms with Gasteiger partial charge in [-0.25, -0.2) is 12.7 Å². The lowest BCUT2D eigenvalue weighted by atomic mass is 9.99. The number of halogens is 1. The number of carbonyl (C=O) groups is 1. The van der Waals surface area contributed by atoms with E-state index < -0.39 is 10.0 Å². The van der Waals surface area contributed by atoms with Crippen molar-refractivity contribution < 1.29 is 13.2 Å². The number of carbonyl (C=O) groups excluding carboxylic acids is 1. The molecule has 1 heterocycles. The Bertz CT molecular complexity index is 664. The number of rotatable bonds is 7. The molecule has 0 spiro atoms. The smallest absolute Gasteiger partial charge is 0.224 e. The van der Waals surface area contributed by atoms with Gasteiger partial charge >= 0.3 is 0 Å². The van der Waals surface area contributed by atoms with Crippen molar-refractivity contribution in [3.63, 3.8) is 0 Å². The first-order valence-corrected chi connectivity index (χ1v) is 10.4. The second-order valence-electron chi connectivity index (χ2n) is 6.08. The molecule has 0 aliphatic carbocycles. The number of benzene rings is 1. The first-order chi connectivity index (χ1) is 11.4. The zero-order valence-electron chi connectivity index (χ0n) is 14.0. The zero-order chi connectivity index (χ0) is 17.6. The highest BCUT2D eigenvalue weighted by molar-refractivity contribution is 7.89. The van der Waals surface area contributed by atoms with E-state index in [1.165, 1.54) is 4.31 Å². The number of piperidine rings is 1. The Morgan fingerprint density at radius 3 is 2.83 bits per heavy atom. The molecule has 1 aliphatic heterocycles. The molecule has 2 rings (SSSR count). The summed E-state index contributed by atoms with van der Waals surface area (Å²) in [5, 5.41) is 3.68. The minimum atomic E-state index is -3.21. The van der Waals surface area contributed by atoms with Gasteiger partial charge in [0.15, 0.2) is 0 Å². The summed E-state index contributed by atoms with van der Waals surface area (Å²) in [7, 11) is -3.21. The first kappa shape index (κ1) is 19.2. The van der Waals surface area contributed by atoms with Gasteiger partial charge in [0.25, 0.3) is 0 Å². The molecule has 0 radical (unpaired) electrons. The highest BCUT2D eigenvalue weighted by Crippen LogP contribution is 2.20. The van der Waals surface area contributed by atoms with Crippen LogP contribution in [0.15, 0.2) is 24.3 Å². The maximum absolute atomic E-state index is 12.3. The standard InChI is InChI=1S/C17H25ClN2O3S/c1-2-24(22,23)20-12-6-9-15(13-20)17(21)19-11-5-8-14-7-3-4-10-16(14)18/h3-4,7,10,15H,2,5-6,8-9,11-13H2,1H3,(H,19,21)/t15-/m1/s1. The largest absolute Gasteiger partial charge is 0.356 e. The van der Waals surface area contributed by atoms with Crippen molar-refractivity contribution in [3.8, 4) is 0 Å². The van der Waals surface area contributed by atoms with Gasteiger partial charge in [-0.3, -0.25) is 4.79 Å². The Morgan fingerprint density at radius 2 is 2.12 bits per heavy atom. The first-order valence-electron chi connectivity index (χ1n) is 8.43. The van der Waals surface area contributed by atoms with Gasteiger partial charge in [-0.15, -0.1) is 0 Å². The van der Waals surface area contributed by atoms with Crippen molar-refractivity contribution in [2.45, 2.75) is 32.6 Å². The molecule has 0 bridgehead atoms. The number of amides is 1. The van der Waals surface area contributed by atoms with Crippen LogP contribution in [-0.4, -0.2) is 44.0 Å². The number of sulfonamides is 1. The minimum Gasteiger partial charge on any atom is -0.356 e. The fourth-order valence-corrected chi connectivity index (χ4v) is 4.34. The Morgan fingerprint density at radius 1 is 1.38 bits per heavy atom. The average Bonchev–Trinajstić information content (AvgIpc) is 2.60. The van der Waals surface area contributed by atoms with E-state index in [2.05, 4.69) is 5.32 Å². The number of hydrogen-bond acceptors (Lipinski definition) is 3. The third kappa shape index (κ3) is 5.19. The lowest BCUT2D eigenvalue weighted by molar-refractivity contribution is -0.126. The van der Waals surface area contributed by atoms with Crippen molar-refractivity contribution in [2.24, 2.45) is 5.92 Å². The Balaban J connectivity index is 1.77. The SMILES string of the molecule is CCS(=O)(=O)N1CCC[C@@H](C(=O)NCCCc2ccccc2Cl)C1. The van der Waals surface area contributed by atoms with Gasteiger partial charge in [-0.1, -0.05) is 29.8 Å². The van der Waals surface area contributed by atoms with E-state index in [1.807, 2.05) is 24.3 Å².